The minimum atomic E-state index is -0.239. The van der Waals surface area contributed by atoms with Crippen LogP contribution in [0.5, 0.6) is 0 Å². The van der Waals surface area contributed by atoms with Crippen LogP contribution in [0.2, 0.25) is 0 Å². The smallest absolute Gasteiger partial charge is 0.0638 e. The minimum absolute atomic E-state index is 0.0858. The molecule has 2 aliphatic rings. The van der Waals surface area contributed by atoms with Gasteiger partial charge in [0.05, 0.1) is 6.10 Å². The van der Waals surface area contributed by atoms with E-state index in [0.717, 1.165) is 44.8 Å². The highest BCUT2D eigenvalue weighted by Gasteiger charge is 2.43. The summed E-state index contributed by atoms with van der Waals surface area (Å²) in [7, 11) is 0. The molecule has 0 radical (unpaired) electrons. The first-order valence-electron chi connectivity index (χ1n) is 8.35. The molecule has 20 heavy (non-hydrogen) atoms. The Bertz CT molecular complexity index is 297. The molecule has 2 fully saturated rings. The number of aliphatic hydroxyl groups excluding tert-OH is 1. The first kappa shape index (κ1) is 16.3. The molecule has 1 unspecified atom stereocenters. The Labute approximate surface area is 124 Å². The van der Waals surface area contributed by atoms with Gasteiger partial charge in [-0.05, 0) is 55.8 Å². The van der Waals surface area contributed by atoms with E-state index in [2.05, 4.69) is 20.8 Å². The summed E-state index contributed by atoms with van der Waals surface area (Å²) < 4.78 is 5.46. The van der Waals surface area contributed by atoms with Crippen molar-refractivity contribution < 1.29 is 9.84 Å². The Kier molecular flexibility index (Phi) is 5.14. The minimum Gasteiger partial charge on any atom is -0.392 e. The third-order valence-electron chi connectivity index (χ3n) is 5.97. The molecule has 3 N–H and O–H groups in total. The Morgan fingerprint density at radius 3 is 2.15 bits per heavy atom. The van der Waals surface area contributed by atoms with E-state index in [-0.39, 0.29) is 11.5 Å². The van der Waals surface area contributed by atoms with Gasteiger partial charge in [-0.3, -0.25) is 0 Å². The second kappa shape index (κ2) is 6.33. The third kappa shape index (κ3) is 3.37. The van der Waals surface area contributed by atoms with E-state index in [4.69, 9.17) is 10.5 Å². The van der Waals surface area contributed by atoms with Crippen molar-refractivity contribution in [2.75, 3.05) is 19.8 Å². The van der Waals surface area contributed by atoms with Crippen LogP contribution in [0.3, 0.4) is 0 Å². The first-order chi connectivity index (χ1) is 9.39. The zero-order chi connectivity index (χ0) is 14.8. The van der Waals surface area contributed by atoms with E-state index in [1.165, 1.54) is 12.8 Å². The maximum absolute atomic E-state index is 10.9. The first-order valence-corrected chi connectivity index (χ1v) is 8.35. The summed E-state index contributed by atoms with van der Waals surface area (Å²) in [5, 5.41) is 10.9. The van der Waals surface area contributed by atoms with Gasteiger partial charge in [-0.1, -0.05) is 20.8 Å². The van der Waals surface area contributed by atoms with Crippen LogP contribution in [-0.2, 0) is 4.74 Å². The van der Waals surface area contributed by atoms with Gasteiger partial charge in [0.15, 0.2) is 0 Å². The second-order valence-corrected chi connectivity index (χ2v) is 8.10. The van der Waals surface area contributed by atoms with Gasteiger partial charge in [-0.2, -0.15) is 0 Å². The molecule has 0 aromatic heterocycles. The van der Waals surface area contributed by atoms with Gasteiger partial charge in [-0.15, -0.1) is 0 Å². The molecule has 2 rings (SSSR count). The molecule has 0 spiro atoms. The van der Waals surface area contributed by atoms with Crippen LogP contribution in [-0.4, -0.2) is 31.0 Å². The van der Waals surface area contributed by atoms with E-state index >= 15 is 0 Å². The molecule has 0 aromatic rings. The van der Waals surface area contributed by atoms with Gasteiger partial charge < -0.3 is 15.6 Å². The van der Waals surface area contributed by atoms with E-state index in [1.54, 1.807) is 0 Å². The predicted octanol–water partition coefficient (Wildman–Crippen LogP) is 2.96. The maximum atomic E-state index is 10.9. The van der Waals surface area contributed by atoms with Crippen LogP contribution >= 0.6 is 0 Å². The van der Waals surface area contributed by atoms with Crippen molar-refractivity contribution in [1.82, 2.24) is 0 Å². The van der Waals surface area contributed by atoms with Crippen LogP contribution in [0, 0.1) is 22.7 Å². The van der Waals surface area contributed by atoms with Crippen LogP contribution in [0.1, 0.15) is 59.3 Å². The van der Waals surface area contributed by atoms with E-state index in [1.807, 2.05) is 0 Å². The van der Waals surface area contributed by atoms with Crippen molar-refractivity contribution >= 4 is 0 Å². The molecular formula is C17H33NO2. The number of aliphatic hydroxyl groups is 1. The van der Waals surface area contributed by atoms with Crippen molar-refractivity contribution in [2.45, 2.75) is 65.4 Å². The fraction of sp³-hybridized carbons (Fsp3) is 1.00. The van der Waals surface area contributed by atoms with Gasteiger partial charge in [0.1, 0.15) is 0 Å². The van der Waals surface area contributed by atoms with E-state index < -0.39 is 0 Å². The van der Waals surface area contributed by atoms with Crippen LogP contribution in [0.4, 0.5) is 0 Å². The summed E-state index contributed by atoms with van der Waals surface area (Å²) in [6.45, 7) is 9.13. The molecule has 0 aromatic carbocycles. The predicted molar refractivity (Wildman–Crippen MR) is 82.5 cm³/mol. The van der Waals surface area contributed by atoms with Crippen molar-refractivity contribution in [3.8, 4) is 0 Å². The fourth-order valence-electron chi connectivity index (χ4n) is 4.20. The summed E-state index contributed by atoms with van der Waals surface area (Å²) in [4.78, 5) is 0. The quantitative estimate of drug-likeness (QED) is 0.837. The Morgan fingerprint density at radius 1 is 1.15 bits per heavy atom. The lowest BCUT2D eigenvalue weighted by Crippen LogP contribution is -2.50. The highest BCUT2D eigenvalue weighted by Crippen LogP contribution is 2.45. The highest BCUT2D eigenvalue weighted by atomic mass is 16.5. The zero-order valence-corrected chi connectivity index (χ0v) is 13.5. The molecule has 1 saturated heterocycles. The van der Waals surface area contributed by atoms with Gasteiger partial charge in [0, 0.05) is 25.2 Å². The highest BCUT2D eigenvalue weighted by molar-refractivity contribution is 4.94. The fourth-order valence-corrected chi connectivity index (χ4v) is 4.20. The van der Waals surface area contributed by atoms with Gasteiger partial charge >= 0.3 is 0 Å². The summed E-state index contributed by atoms with van der Waals surface area (Å²) in [6, 6.07) is 0. The molecule has 3 nitrogen and oxygen atoms in total. The average molecular weight is 283 g/mol. The SMILES string of the molecule is CC(C)(C)C1CCC(C(O)C2(CN)CCOCC2)CC1. The van der Waals surface area contributed by atoms with Gasteiger partial charge in [0.25, 0.3) is 0 Å². The Balaban J connectivity index is 1.95. The molecule has 0 amide bonds. The van der Waals surface area contributed by atoms with E-state index in [0.29, 0.717) is 17.9 Å². The number of nitrogens with two attached hydrogens (primary N) is 1. The zero-order valence-electron chi connectivity index (χ0n) is 13.5. The number of hydrogen-bond donors (Lipinski definition) is 2. The largest absolute Gasteiger partial charge is 0.392 e. The van der Waals surface area contributed by atoms with Crippen molar-refractivity contribution in [2.24, 2.45) is 28.4 Å². The van der Waals surface area contributed by atoms with Crippen LogP contribution in [0.25, 0.3) is 0 Å². The molecule has 1 aliphatic heterocycles. The van der Waals surface area contributed by atoms with Crippen LogP contribution in [0.15, 0.2) is 0 Å². The third-order valence-corrected chi connectivity index (χ3v) is 5.97. The molecule has 118 valence electrons. The second-order valence-electron chi connectivity index (χ2n) is 8.10. The molecule has 1 saturated carbocycles. The normalized spacial score (nSPS) is 32.9. The number of ether oxygens (including phenoxy) is 1. The molecule has 1 heterocycles. The Hall–Kier alpha value is -0.120. The summed E-state index contributed by atoms with van der Waals surface area (Å²) in [5.41, 5.74) is 6.34. The van der Waals surface area contributed by atoms with E-state index in [9.17, 15) is 5.11 Å². The summed E-state index contributed by atoms with van der Waals surface area (Å²) >= 11 is 0. The van der Waals surface area contributed by atoms with Gasteiger partial charge in [-0.25, -0.2) is 0 Å². The van der Waals surface area contributed by atoms with Crippen LogP contribution < -0.4 is 5.73 Å². The van der Waals surface area contributed by atoms with Crippen molar-refractivity contribution in [3.63, 3.8) is 0 Å². The Morgan fingerprint density at radius 2 is 1.70 bits per heavy atom. The topological polar surface area (TPSA) is 55.5 Å². The molecule has 1 aliphatic carbocycles. The lowest BCUT2D eigenvalue weighted by Gasteiger charge is -2.46. The average Bonchev–Trinajstić information content (AvgIpc) is 2.46. The van der Waals surface area contributed by atoms with Crippen molar-refractivity contribution in [3.05, 3.63) is 0 Å². The monoisotopic (exact) mass is 283 g/mol. The van der Waals surface area contributed by atoms with Crippen molar-refractivity contribution in [1.29, 1.82) is 0 Å². The lowest BCUT2D eigenvalue weighted by molar-refractivity contribution is -0.0901. The van der Waals surface area contributed by atoms with Gasteiger partial charge in [0.2, 0.25) is 0 Å². The molecule has 0 bridgehead atoms. The summed E-state index contributed by atoms with van der Waals surface area (Å²) in [5.74, 6) is 1.24. The maximum Gasteiger partial charge on any atom is 0.0638 e. The molecule has 1 atom stereocenters. The lowest BCUT2D eigenvalue weighted by atomic mass is 9.64. The standard InChI is InChI=1S/C17H33NO2/c1-16(2,3)14-6-4-13(5-7-14)15(19)17(12-18)8-10-20-11-9-17/h13-15,19H,4-12,18H2,1-3H3. The molecular weight excluding hydrogens is 250 g/mol. The molecule has 3 heteroatoms. The summed E-state index contributed by atoms with van der Waals surface area (Å²) in [6.07, 6.45) is 6.42. The number of hydrogen-bond acceptors (Lipinski definition) is 3. The number of rotatable bonds is 3.